The molecule has 0 aromatic carbocycles. The van der Waals surface area contributed by atoms with Crippen molar-refractivity contribution in [2.24, 2.45) is 0 Å². The molecule has 1 aromatic rings. The zero-order chi connectivity index (χ0) is 8.43. The Kier molecular flexibility index (Phi) is 2.59. The molecule has 11 heavy (non-hydrogen) atoms. The lowest BCUT2D eigenvalue weighted by Crippen LogP contribution is -1.98. The molecule has 0 amide bonds. The fraction of sp³-hybridized carbons (Fsp3) is 0.250. The van der Waals surface area contributed by atoms with Crippen LogP contribution in [0, 0.1) is 10.6 Å². The molecule has 0 spiro atoms. The second-order valence-corrected chi connectivity index (χ2v) is 3.51. The van der Waals surface area contributed by atoms with Gasteiger partial charge in [-0.15, -0.1) is 0 Å². The van der Waals surface area contributed by atoms with Gasteiger partial charge in [0.2, 0.25) is 0 Å². The minimum absolute atomic E-state index is 0.0200. The molecule has 58 valence electrons. The van der Waals surface area contributed by atoms with E-state index in [-0.39, 0.29) is 5.78 Å². The van der Waals surface area contributed by atoms with Crippen LogP contribution in [0.1, 0.15) is 23.0 Å². The van der Waals surface area contributed by atoms with Crippen LogP contribution in [0.25, 0.3) is 0 Å². The third-order valence-electron chi connectivity index (χ3n) is 1.30. The van der Waals surface area contributed by atoms with Crippen molar-refractivity contribution in [1.82, 2.24) is 4.98 Å². The topological polar surface area (TPSA) is 30.0 Å². The molecular weight excluding hydrogens is 253 g/mol. The van der Waals surface area contributed by atoms with Gasteiger partial charge in [-0.25, -0.2) is 4.98 Å². The van der Waals surface area contributed by atoms with Gasteiger partial charge in [0.25, 0.3) is 0 Å². The maximum atomic E-state index is 10.9. The summed E-state index contributed by atoms with van der Waals surface area (Å²) in [6, 6.07) is 3.73. The van der Waals surface area contributed by atoms with Crippen LogP contribution in [0.2, 0.25) is 0 Å². The van der Waals surface area contributed by atoms with Crippen LogP contribution in [0.5, 0.6) is 0 Å². The van der Waals surface area contributed by atoms with Gasteiger partial charge in [0.15, 0.2) is 5.78 Å². The van der Waals surface area contributed by atoms with E-state index in [4.69, 9.17) is 0 Å². The van der Waals surface area contributed by atoms with E-state index in [2.05, 4.69) is 27.6 Å². The van der Waals surface area contributed by atoms with Crippen molar-refractivity contribution in [2.75, 3.05) is 0 Å². The molecular formula is C8H8INO. The van der Waals surface area contributed by atoms with Crippen molar-refractivity contribution in [1.29, 1.82) is 0 Å². The predicted molar refractivity (Wildman–Crippen MR) is 51.7 cm³/mol. The third-order valence-corrected chi connectivity index (χ3v) is 1.85. The van der Waals surface area contributed by atoms with E-state index in [1.807, 2.05) is 13.0 Å². The quantitative estimate of drug-likeness (QED) is 0.440. The average molecular weight is 261 g/mol. The van der Waals surface area contributed by atoms with Crippen molar-refractivity contribution >= 4 is 28.4 Å². The highest BCUT2D eigenvalue weighted by Crippen LogP contribution is 2.07. The summed E-state index contributed by atoms with van der Waals surface area (Å²) in [6.07, 6.45) is 0. The number of pyridine rings is 1. The van der Waals surface area contributed by atoms with Gasteiger partial charge in [0.1, 0.15) is 9.39 Å². The number of ketones is 1. The molecule has 3 heteroatoms. The number of carbonyl (C=O) groups excluding carboxylic acids is 1. The zero-order valence-corrected chi connectivity index (χ0v) is 8.55. The predicted octanol–water partition coefficient (Wildman–Crippen LogP) is 2.20. The maximum absolute atomic E-state index is 10.9. The minimum Gasteiger partial charge on any atom is -0.293 e. The van der Waals surface area contributed by atoms with Gasteiger partial charge in [0, 0.05) is 6.92 Å². The molecule has 1 aromatic heterocycles. The maximum Gasteiger partial charge on any atom is 0.178 e. The molecule has 0 aliphatic rings. The fourth-order valence-electron chi connectivity index (χ4n) is 0.805. The van der Waals surface area contributed by atoms with Gasteiger partial charge in [-0.1, -0.05) is 0 Å². The van der Waals surface area contributed by atoms with Crippen LogP contribution in [0.4, 0.5) is 0 Å². The Morgan fingerprint density at radius 1 is 1.55 bits per heavy atom. The molecule has 0 fully saturated rings. The summed E-state index contributed by atoms with van der Waals surface area (Å²) < 4.78 is 0.868. The van der Waals surface area contributed by atoms with E-state index in [1.165, 1.54) is 6.92 Å². The summed E-state index contributed by atoms with van der Waals surface area (Å²) in [5, 5.41) is 0. The molecule has 0 atom stereocenters. The van der Waals surface area contributed by atoms with E-state index < -0.39 is 0 Å². The van der Waals surface area contributed by atoms with Crippen LogP contribution in [0.15, 0.2) is 12.1 Å². The Morgan fingerprint density at radius 2 is 2.18 bits per heavy atom. The van der Waals surface area contributed by atoms with Crippen LogP contribution < -0.4 is 0 Å². The number of rotatable bonds is 1. The highest BCUT2D eigenvalue weighted by atomic mass is 127. The van der Waals surface area contributed by atoms with E-state index in [9.17, 15) is 4.79 Å². The van der Waals surface area contributed by atoms with E-state index in [1.54, 1.807) is 6.07 Å². The summed E-state index contributed by atoms with van der Waals surface area (Å²) in [5.41, 5.74) is 1.63. The van der Waals surface area contributed by atoms with Gasteiger partial charge in [-0.2, -0.15) is 0 Å². The summed E-state index contributed by atoms with van der Waals surface area (Å²) >= 11 is 2.10. The number of hydrogen-bond acceptors (Lipinski definition) is 2. The molecule has 0 unspecified atom stereocenters. The SMILES string of the molecule is CC(=O)c1cc(C)cc(I)n1. The Balaban J connectivity index is 3.19. The third kappa shape index (κ3) is 2.25. The van der Waals surface area contributed by atoms with E-state index in [0.717, 1.165) is 9.26 Å². The van der Waals surface area contributed by atoms with Gasteiger partial charge < -0.3 is 0 Å². The van der Waals surface area contributed by atoms with E-state index in [0.29, 0.717) is 5.69 Å². The van der Waals surface area contributed by atoms with Crippen molar-refractivity contribution < 1.29 is 4.79 Å². The molecule has 1 rings (SSSR count). The Hall–Kier alpha value is -0.450. The van der Waals surface area contributed by atoms with Crippen molar-refractivity contribution in [3.63, 3.8) is 0 Å². The molecule has 2 nitrogen and oxygen atoms in total. The highest BCUT2D eigenvalue weighted by Gasteiger charge is 2.01. The molecule has 0 bridgehead atoms. The molecule has 0 saturated carbocycles. The number of aryl methyl sites for hydroxylation is 1. The Morgan fingerprint density at radius 3 is 2.64 bits per heavy atom. The highest BCUT2D eigenvalue weighted by molar-refractivity contribution is 14.1. The zero-order valence-electron chi connectivity index (χ0n) is 6.39. The van der Waals surface area contributed by atoms with E-state index >= 15 is 0 Å². The molecule has 0 radical (unpaired) electrons. The summed E-state index contributed by atoms with van der Waals surface area (Å²) in [6.45, 7) is 3.48. The molecule has 0 aliphatic carbocycles. The number of Topliss-reactive ketones (excluding diaryl/α,β-unsaturated/α-hetero) is 1. The van der Waals surface area contributed by atoms with Crippen LogP contribution in [-0.2, 0) is 0 Å². The van der Waals surface area contributed by atoms with Gasteiger partial charge in [-0.05, 0) is 47.2 Å². The van der Waals surface area contributed by atoms with Crippen LogP contribution >= 0.6 is 22.6 Å². The molecule has 1 heterocycles. The first-order chi connectivity index (χ1) is 5.09. The first-order valence-corrected chi connectivity index (χ1v) is 4.32. The summed E-state index contributed by atoms with van der Waals surface area (Å²) in [4.78, 5) is 15.0. The van der Waals surface area contributed by atoms with Crippen molar-refractivity contribution in [3.05, 3.63) is 27.1 Å². The van der Waals surface area contributed by atoms with Crippen LogP contribution in [0.3, 0.4) is 0 Å². The second-order valence-electron chi connectivity index (χ2n) is 2.41. The number of aromatic nitrogens is 1. The van der Waals surface area contributed by atoms with Crippen molar-refractivity contribution in [3.8, 4) is 0 Å². The van der Waals surface area contributed by atoms with Crippen LogP contribution in [-0.4, -0.2) is 10.8 Å². The smallest absolute Gasteiger partial charge is 0.178 e. The first-order valence-electron chi connectivity index (χ1n) is 3.25. The number of carbonyl (C=O) groups is 1. The van der Waals surface area contributed by atoms with Gasteiger partial charge in [0.05, 0.1) is 0 Å². The van der Waals surface area contributed by atoms with Crippen molar-refractivity contribution in [2.45, 2.75) is 13.8 Å². The Labute approximate surface area is 79.2 Å². The summed E-state index contributed by atoms with van der Waals surface area (Å²) in [7, 11) is 0. The largest absolute Gasteiger partial charge is 0.293 e. The average Bonchev–Trinajstić information content (AvgIpc) is 1.85. The lowest BCUT2D eigenvalue weighted by atomic mass is 10.2. The summed E-state index contributed by atoms with van der Waals surface area (Å²) in [5.74, 6) is 0.0200. The number of halogens is 1. The normalized spacial score (nSPS) is 9.73. The molecule has 0 N–H and O–H groups in total. The lowest BCUT2D eigenvalue weighted by Gasteiger charge is -1.97. The first kappa shape index (κ1) is 8.64. The standard InChI is InChI=1S/C8H8INO/c1-5-3-7(6(2)11)10-8(9)4-5/h3-4H,1-2H3. The van der Waals surface area contributed by atoms with Gasteiger partial charge in [-0.3, -0.25) is 4.79 Å². The monoisotopic (exact) mass is 261 g/mol. The second kappa shape index (κ2) is 3.30. The molecule has 0 saturated heterocycles. The number of nitrogens with zero attached hydrogens (tertiary/aromatic N) is 1. The number of hydrogen-bond donors (Lipinski definition) is 0. The lowest BCUT2D eigenvalue weighted by molar-refractivity contribution is 0.101. The fourth-order valence-corrected chi connectivity index (χ4v) is 1.56. The Bertz CT molecular complexity index is 276. The minimum atomic E-state index is 0.0200. The molecule has 0 aliphatic heterocycles. The van der Waals surface area contributed by atoms with Gasteiger partial charge >= 0.3 is 0 Å².